The van der Waals surface area contributed by atoms with Gasteiger partial charge in [0.15, 0.2) is 0 Å². The van der Waals surface area contributed by atoms with E-state index < -0.39 is 5.60 Å². The first kappa shape index (κ1) is 17.5. The molecule has 0 bridgehead atoms. The SMILES string of the molecule is CC(C)(C)OC(=O)N1CCC(C2CN(c3cscn3)CCO2)CC1. The summed E-state index contributed by atoms with van der Waals surface area (Å²) in [5.74, 6) is 1.55. The van der Waals surface area contributed by atoms with Crippen LogP contribution in [0, 0.1) is 5.92 Å². The lowest BCUT2D eigenvalue weighted by molar-refractivity contribution is -0.0248. The largest absolute Gasteiger partial charge is 0.444 e. The Bertz CT molecular complexity index is 536. The van der Waals surface area contributed by atoms with E-state index in [1.54, 1.807) is 11.3 Å². The van der Waals surface area contributed by atoms with E-state index in [-0.39, 0.29) is 12.2 Å². The van der Waals surface area contributed by atoms with Gasteiger partial charge in [-0.2, -0.15) is 0 Å². The topological polar surface area (TPSA) is 54.9 Å². The monoisotopic (exact) mass is 353 g/mol. The minimum atomic E-state index is -0.436. The van der Waals surface area contributed by atoms with Crippen molar-refractivity contribution >= 4 is 23.2 Å². The van der Waals surface area contributed by atoms with Crippen molar-refractivity contribution in [3.63, 3.8) is 0 Å². The van der Waals surface area contributed by atoms with Crippen molar-refractivity contribution in [3.8, 4) is 0 Å². The number of hydrogen-bond acceptors (Lipinski definition) is 6. The summed E-state index contributed by atoms with van der Waals surface area (Å²) in [7, 11) is 0. The summed E-state index contributed by atoms with van der Waals surface area (Å²) in [6.45, 7) is 9.74. The summed E-state index contributed by atoms with van der Waals surface area (Å²) in [5, 5.41) is 2.09. The standard InChI is InChI=1S/C17H27N3O3S/c1-17(2,3)23-16(21)19-6-4-13(5-7-19)14-10-20(8-9-22-14)15-11-24-12-18-15/h11-14H,4-10H2,1-3H3. The Hall–Kier alpha value is -1.34. The molecule has 0 aliphatic carbocycles. The first-order valence-electron chi connectivity index (χ1n) is 8.65. The third-order valence-corrected chi connectivity index (χ3v) is 5.13. The molecule has 3 rings (SSSR count). The summed E-state index contributed by atoms with van der Waals surface area (Å²) < 4.78 is 11.5. The van der Waals surface area contributed by atoms with Crippen molar-refractivity contribution in [1.82, 2.24) is 9.88 Å². The zero-order valence-corrected chi connectivity index (χ0v) is 15.6. The van der Waals surface area contributed by atoms with Crippen LogP contribution in [0.15, 0.2) is 10.9 Å². The number of likely N-dealkylation sites (tertiary alicyclic amines) is 1. The molecular weight excluding hydrogens is 326 g/mol. The minimum absolute atomic E-state index is 0.199. The maximum atomic E-state index is 12.2. The number of thiazole rings is 1. The molecule has 0 saturated carbocycles. The molecule has 1 amide bonds. The number of ether oxygens (including phenoxy) is 2. The van der Waals surface area contributed by atoms with Gasteiger partial charge in [0, 0.05) is 31.6 Å². The van der Waals surface area contributed by atoms with Crippen LogP contribution in [-0.2, 0) is 9.47 Å². The number of amides is 1. The quantitative estimate of drug-likeness (QED) is 0.818. The fourth-order valence-electron chi connectivity index (χ4n) is 3.31. The van der Waals surface area contributed by atoms with Gasteiger partial charge in [-0.05, 0) is 39.5 Å². The normalized spacial score (nSPS) is 23.4. The number of piperidine rings is 1. The second-order valence-corrected chi connectivity index (χ2v) is 8.23. The number of anilines is 1. The van der Waals surface area contributed by atoms with E-state index in [9.17, 15) is 4.79 Å². The highest BCUT2D eigenvalue weighted by Crippen LogP contribution is 2.28. The van der Waals surface area contributed by atoms with Crippen molar-refractivity contribution in [1.29, 1.82) is 0 Å². The molecule has 7 heteroatoms. The Morgan fingerprint density at radius 2 is 2.08 bits per heavy atom. The summed E-state index contributed by atoms with van der Waals surface area (Å²) in [4.78, 5) is 20.7. The molecular formula is C17H27N3O3S. The van der Waals surface area contributed by atoms with Gasteiger partial charge in [0.25, 0.3) is 0 Å². The number of aromatic nitrogens is 1. The van der Waals surface area contributed by atoms with Crippen LogP contribution >= 0.6 is 11.3 Å². The molecule has 1 aromatic heterocycles. The minimum Gasteiger partial charge on any atom is -0.444 e. The van der Waals surface area contributed by atoms with Gasteiger partial charge in [0.05, 0.1) is 18.2 Å². The first-order chi connectivity index (χ1) is 11.4. The molecule has 6 nitrogen and oxygen atoms in total. The summed E-state index contributed by atoms with van der Waals surface area (Å²) in [5.41, 5.74) is 1.44. The van der Waals surface area contributed by atoms with Gasteiger partial charge in [0.1, 0.15) is 11.4 Å². The number of morpholine rings is 1. The lowest BCUT2D eigenvalue weighted by atomic mass is 9.90. The van der Waals surface area contributed by atoms with Crippen LogP contribution in [0.3, 0.4) is 0 Å². The fourth-order valence-corrected chi connectivity index (χ4v) is 3.87. The molecule has 2 aliphatic heterocycles. The number of nitrogens with zero attached hydrogens (tertiary/aromatic N) is 3. The lowest BCUT2D eigenvalue weighted by Gasteiger charge is -2.40. The van der Waals surface area contributed by atoms with Crippen molar-refractivity contribution in [2.75, 3.05) is 37.7 Å². The predicted octanol–water partition coefficient (Wildman–Crippen LogP) is 3.00. The van der Waals surface area contributed by atoms with Crippen LogP contribution in [0.1, 0.15) is 33.6 Å². The van der Waals surface area contributed by atoms with Gasteiger partial charge < -0.3 is 19.3 Å². The smallest absolute Gasteiger partial charge is 0.410 e. The number of hydrogen-bond donors (Lipinski definition) is 0. The second kappa shape index (κ2) is 7.27. The number of carbonyl (C=O) groups excluding carboxylic acids is 1. The third kappa shape index (κ3) is 4.39. The summed E-state index contributed by atoms with van der Waals surface area (Å²) in [6, 6.07) is 0. The van der Waals surface area contributed by atoms with E-state index in [4.69, 9.17) is 9.47 Å². The lowest BCUT2D eigenvalue weighted by Crippen LogP contribution is -2.49. The Labute approximate surface area is 147 Å². The molecule has 0 spiro atoms. The molecule has 1 unspecified atom stereocenters. The van der Waals surface area contributed by atoms with E-state index in [2.05, 4.69) is 15.3 Å². The number of rotatable bonds is 2. The Morgan fingerprint density at radius 1 is 1.33 bits per heavy atom. The molecule has 3 heterocycles. The Kier molecular flexibility index (Phi) is 5.30. The summed E-state index contributed by atoms with van der Waals surface area (Å²) in [6.07, 6.45) is 1.96. The van der Waals surface area contributed by atoms with Crippen molar-refractivity contribution in [3.05, 3.63) is 10.9 Å². The Morgan fingerprint density at radius 3 is 2.71 bits per heavy atom. The van der Waals surface area contributed by atoms with E-state index in [0.717, 1.165) is 51.4 Å². The molecule has 2 fully saturated rings. The van der Waals surface area contributed by atoms with Gasteiger partial charge in [-0.25, -0.2) is 9.78 Å². The van der Waals surface area contributed by atoms with E-state index in [1.807, 2.05) is 31.2 Å². The second-order valence-electron chi connectivity index (χ2n) is 7.51. The van der Waals surface area contributed by atoms with Gasteiger partial charge in [-0.15, -0.1) is 11.3 Å². The zero-order chi connectivity index (χ0) is 17.2. The van der Waals surface area contributed by atoms with Crippen LogP contribution in [0.2, 0.25) is 0 Å². The van der Waals surface area contributed by atoms with Crippen LogP contribution in [0.4, 0.5) is 10.6 Å². The fraction of sp³-hybridized carbons (Fsp3) is 0.765. The maximum absolute atomic E-state index is 12.2. The predicted molar refractivity (Wildman–Crippen MR) is 94.6 cm³/mol. The third-order valence-electron chi connectivity index (χ3n) is 4.55. The van der Waals surface area contributed by atoms with Gasteiger partial charge >= 0.3 is 6.09 Å². The van der Waals surface area contributed by atoms with Crippen LogP contribution in [0.25, 0.3) is 0 Å². The van der Waals surface area contributed by atoms with Gasteiger partial charge in [-0.1, -0.05) is 0 Å². The molecule has 134 valence electrons. The average molecular weight is 353 g/mol. The van der Waals surface area contributed by atoms with E-state index in [0.29, 0.717) is 5.92 Å². The van der Waals surface area contributed by atoms with Crippen LogP contribution < -0.4 is 4.90 Å². The van der Waals surface area contributed by atoms with Crippen molar-refractivity contribution in [2.45, 2.75) is 45.3 Å². The highest BCUT2D eigenvalue weighted by atomic mass is 32.1. The van der Waals surface area contributed by atoms with Crippen molar-refractivity contribution in [2.24, 2.45) is 5.92 Å². The molecule has 0 radical (unpaired) electrons. The molecule has 0 N–H and O–H groups in total. The van der Waals surface area contributed by atoms with Crippen molar-refractivity contribution < 1.29 is 14.3 Å². The van der Waals surface area contributed by atoms with Crippen LogP contribution in [0.5, 0.6) is 0 Å². The molecule has 24 heavy (non-hydrogen) atoms. The van der Waals surface area contributed by atoms with Gasteiger partial charge in [0.2, 0.25) is 0 Å². The molecule has 1 atom stereocenters. The maximum Gasteiger partial charge on any atom is 0.410 e. The summed E-state index contributed by atoms with van der Waals surface area (Å²) >= 11 is 1.63. The Balaban J connectivity index is 1.50. The van der Waals surface area contributed by atoms with E-state index in [1.165, 1.54) is 0 Å². The molecule has 2 aliphatic rings. The molecule has 2 saturated heterocycles. The molecule has 1 aromatic rings. The average Bonchev–Trinajstić information content (AvgIpc) is 3.08. The zero-order valence-electron chi connectivity index (χ0n) is 14.7. The van der Waals surface area contributed by atoms with Crippen LogP contribution in [-0.4, -0.2) is 60.5 Å². The highest BCUT2D eigenvalue weighted by Gasteiger charge is 2.33. The first-order valence-corrected chi connectivity index (χ1v) is 9.59. The number of carbonyl (C=O) groups is 1. The highest BCUT2D eigenvalue weighted by molar-refractivity contribution is 7.07. The molecule has 0 aromatic carbocycles. The van der Waals surface area contributed by atoms with Gasteiger partial charge in [-0.3, -0.25) is 0 Å². The van der Waals surface area contributed by atoms with E-state index >= 15 is 0 Å².